The number of aryl methyl sites for hydroxylation is 13. The van der Waals surface area contributed by atoms with Gasteiger partial charge in [-0.15, -0.1) is 0 Å². The third kappa shape index (κ3) is 43.6. The second-order valence-electron chi connectivity index (χ2n) is 26.0. The molecule has 0 radical (unpaired) electrons. The van der Waals surface area contributed by atoms with Crippen LogP contribution in [0.2, 0.25) is 0 Å². The lowest BCUT2D eigenvalue weighted by Crippen LogP contribution is -1.88. The van der Waals surface area contributed by atoms with Crippen LogP contribution in [-0.4, -0.2) is 110 Å². The molecule has 22 nitrogen and oxygen atoms in total. The average Bonchev–Trinajstić information content (AvgIpc) is 0.890. The van der Waals surface area contributed by atoms with Gasteiger partial charge in [0.25, 0.3) is 0 Å². The highest BCUT2D eigenvalue weighted by molar-refractivity contribution is 5.63. The van der Waals surface area contributed by atoms with Gasteiger partial charge in [0.2, 0.25) is 0 Å². The highest BCUT2D eigenvalue weighted by atomic mass is 15.0. The Labute approximate surface area is 711 Å². The van der Waals surface area contributed by atoms with Gasteiger partial charge in [-0.25, -0.2) is 64.8 Å². The van der Waals surface area contributed by atoms with Crippen molar-refractivity contribution in [2.24, 2.45) is 0 Å². The molecule has 0 aliphatic carbocycles. The van der Waals surface area contributed by atoms with Crippen molar-refractivity contribution in [2.75, 3.05) is 0 Å². The summed E-state index contributed by atoms with van der Waals surface area (Å²) in [5.74, 6) is 3.17. The lowest BCUT2D eigenvalue weighted by molar-refractivity contribution is 0.974. The summed E-state index contributed by atoms with van der Waals surface area (Å²) in [6.07, 6.45) is 43.5. The number of hydrogen-bond donors (Lipinski definition) is 0. The maximum atomic E-state index is 4.35. The van der Waals surface area contributed by atoms with E-state index in [9.17, 15) is 0 Å². The molecule has 0 atom stereocenters. The molecule has 0 amide bonds. The van der Waals surface area contributed by atoms with Crippen molar-refractivity contribution in [1.82, 2.24) is 110 Å². The molecule has 0 spiro atoms. The highest BCUT2D eigenvalue weighted by Crippen LogP contribution is 2.20. The summed E-state index contributed by atoms with van der Waals surface area (Å²) >= 11 is 0. The van der Waals surface area contributed by atoms with E-state index in [1.807, 2.05) is 321 Å². The maximum absolute atomic E-state index is 4.35. The average molecular weight is 1600 g/mol. The Hall–Kier alpha value is -15.6. The van der Waals surface area contributed by atoms with Crippen molar-refractivity contribution in [1.29, 1.82) is 0 Å². The third-order valence-electron chi connectivity index (χ3n) is 15.4. The van der Waals surface area contributed by atoms with Gasteiger partial charge >= 0.3 is 0 Å². The van der Waals surface area contributed by atoms with Gasteiger partial charge in [0, 0.05) is 169 Å². The second kappa shape index (κ2) is 58.3. The zero-order valence-corrected chi connectivity index (χ0v) is 70.7. The van der Waals surface area contributed by atoms with Gasteiger partial charge in [-0.1, -0.05) is 176 Å². The van der Waals surface area contributed by atoms with Crippen LogP contribution in [0.1, 0.15) is 73.8 Å². The molecule has 5 aromatic carbocycles. The van der Waals surface area contributed by atoms with E-state index in [2.05, 4.69) is 146 Å². The predicted molar refractivity (Wildman–Crippen MR) is 484 cm³/mol. The summed E-state index contributed by atoms with van der Waals surface area (Å²) in [6, 6.07) is 76.2. The van der Waals surface area contributed by atoms with Crippen molar-refractivity contribution in [3.05, 3.63) is 460 Å². The first kappa shape index (κ1) is 94.3. The first-order chi connectivity index (χ1) is 59.0. The molecule has 18 rings (SSSR count). The van der Waals surface area contributed by atoms with Crippen LogP contribution < -0.4 is 0 Å². The summed E-state index contributed by atoms with van der Waals surface area (Å²) < 4.78 is 0. The molecule has 0 saturated heterocycles. The van der Waals surface area contributed by atoms with Crippen LogP contribution in [0.15, 0.2) is 386 Å². The van der Waals surface area contributed by atoms with Crippen molar-refractivity contribution >= 4 is 0 Å². The van der Waals surface area contributed by atoms with Crippen molar-refractivity contribution in [3.8, 4) is 56.2 Å². The van der Waals surface area contributed by atoms with Crippen molar-refractivity contribution in [3.63, 3.8) is 0 Å². The summed E-state index contributed by atoms with van der Waals surface area (Å²) in [4.78, 5) is 87.3. The smallest absolute Gasteiger partial charge is 0.159 e. The molecule has 0 aliphatic heterocycles. The van der Waals surface area contributed by atoms with Crippen LogP contribution in [0.5, 0.6) is 0 Å². The Morgan fingerprint density at radius 3 is 0.975 bits per heavy atom. The molecule has 608 valence electrons. The number of rotatable bonds is 5. The van der Waals surface area contributed by atoms with E-state index in [1.165, 1.54) is 58.7 Å². The standard InChI is InChI=1S/2C12H11N.3C11H10N2.3C6H7N.4C5H6N2.C4H5N3/c1-10-7-8-12(9-13-10)11-5-3-2-4-6-11;1-10-7-8-12(13-9-10)11-5-3-2-4-6-11;1-9-12-7-11(8-13-9)10-5-3-2-4-6-10;1-9-7-13-11(8-12-9)10-5-3-2-4-6-10;1-9-7-12-11(13-8-9)10-5-3-2-4-6-10;1-6-2-4-7-5-3-6;1-6-3-2-4-7-5-6;1-6-4-2-3-5-7-6;1-5-2-6-4-7-3-5;1-5-4-6-2-3-7-5;1-5-2-3-6-4-7-5;1-5-6-3-2-4-7-5;1-4-6-2-5-3-7-4/h2*2-9H,1H3;3*2-8H,1H3;3*2-5H,1H3;4*2-4H,1H3;2-3H,1H3. The Morgan fingerprint density at radius 1 is 0.149 bits per heavy atom. The zero-order chi connectivity index (χ0) is 86.4. The number of pyridine rings is 5. The minimum atomic E-state index is 0.759. The van der Waals surface area contributed by atoms with Gasteiger partial charge in [0.15, 0.2) is 5.82 Å². The van der Waals surface area contributed by atoms with Crippen LogP contribution in [-0.2, 0) is 0 Å². The van der Waals surface area contributed by atoms with E-state index in [4.69, 9.17) is 0 Å². The second-order valence-corrected chi connectivity index (χ2v) is 26.0. The van der Waals surface area contributed by atoms with Crippen LogP contribution in [0, 0.1) is 90.0 Å². The van der Waals surface area contributed by atoms with Crippen LogP contribution in [0.4, 0.5) is 0 Å². The first-order valence-electron chi connectivity index (χ1n) is 38.5. The van der Waals surface area contributed by atoms with E-state index in [0.717, 1.165) is 96.5 Å². The van der Waals surface area contributed by atoms with Gasteiger partial charge in [0.1, 0.15) is 42.8 Å². The number of benzene rings is 5. The fraction of sp³-hybridized carbons (Fsp3) is 0.131. The lowest BCUT2D eigenvalue weighted by Gasteiger charge is -2.00. The van der Waals surface area contributed by atoms with Crippen molar-refractivity contribution < 1.29 is 0 Å². The minimum Gasteiger partial charge on any atom is -0.265 e. The van der Waals surface area contributed by atoms with Crippen LogP contribution >= 0.6 is 0 Å². The molecule has 22 heteroatoms. The predicted octanol–water partition coefficient (Wildman–Crippen LogP) is 21.0. The number of hydrogen-bond acceptors (Lipinski definition) is 22. The Bertz CT molecular complexity index is 4590. The van der Waals surface area contributed by atoms with Crippen LogP contribution in [0.3, 0.4) is 0 Å². The summed E-state index contributed by atoms with van der Waals surface area (Å²) in [5, 5.41) is 0. The number of aromatic nitrogens is 22. The van der Waals surface area contributed by atoms with E-state index >= 15 is 0 Å². The molecule has 0 N–H and O–H groups in total. The monoisotopic (exact) mass is 1600 g/mol. The van der Waals surface area contributed by atoms with Gasteiger partial charge in [0.05, 0.1) is 29.0 Å². The molecular formula is C99H102N22. The zero-order valence-electron chi connectivity index (χ0n) is 70.7. The third-order valence-corrected chi connectivity index (χ3v) is 15.4. The SMILES string of the molecule is Cc1ccc(-c2ccccc2)cn1.Cc1ccc(-c2ccccc2)nc1.Cc1ccccn1.Cc1cccnc1.Cc1ccncc1.Cc1ccncn1.Cc1cnc(-c2ccccc2)cn1.Cc1cnc(-c2ccccc2)nc1.Cc1cnccn1.Cc1cncnc1.Cc1ncc(-c2ccccc2)cn1.Cc1ncccn1.Cc1ncncn1. The van der Waals surface area contributed by atoms with Crippen molar-refractivity contribution in [2.45, 2.75) is 90.0 Å². The molecule has 0 unspecified atom stereocenters. The molecular weight excluding hydrogens is 1500 g/mol. The fourth-order valence-corrected chi connectivity index (χ4v) is 9.07. The molecule has 0 bridgehead atoms. The van der Waals surface area contributed by atoms with E-state index in [-0.39, 0.29) is 0 Å². The summed E-state index contributed by atoms with van der Waals surface area (Å²) in [5.41, 5.74) is 20.8. The van der Waals surface area contributed by atoms with E-state index < -0.39 is 0 Å². The maximum Gasteiger partial charge on any atom is 0.159 e. The Balaban J connectivity index is 0.000000205. The highest BCUT2D eigenvalue weighted by Gasteiger charge is 2.01. The Morgan fingerprint density at radius 2 is 0.595 bits per heavy atom. The molecule has 121 heavy (non-hydrogen) atoms. The normalized spacial score (nSPS) is 9.36. The summed E-state index contributed by atoms with van der Waals surface area (Å²) in [6.45, 7) is 25.4. The quantitative estimate of drug-likeness (QED) is 0.155. The number of nitrogens with zero attached hydrogens (tertiary/aromatic N) is 22. The van der Waals surface area contributed by atoms with Crippen LogP contribution in [0.25, 0.3) is 56.2 Å². The molecule has 18 aromatic rings. The van der Waals surface area contributed by atoms with Gasteiger partial charge in [-0.2, -0.15) is 0 Å². The minimum absolute atomic E-state index is 0.759. The molecule has 0 fully saturated rings. The lowest BCUT2D eigenvalue weighted by atomic mass is 10.1. The van der Waals surface area contributed by atoms with E-state index in [1.54, 1.807) is 92.8 Å². The van der Waals surface area contributed by atoms with E-state index in [0.29, 0.717) is 0 Å². The topological polar surface area (TPSA) is 284 Å². The van der Waals surface area contributed by atoms with Gasteiger partial charge in [-0.3, -0.25) is 44.9 Å². The molecule has 13 aromatic heterocycles. The fourth-order valence-electron chi connectivity index (χ4n) is 9.07. The molecule has 0 saturated carbocycles. The Kier molecular flexibility index (Phi) is 45.4. The molecule has 0 aliphatic rings. The summed E-state index contributed by atoms with van der Waals surface area (Å²) in [7, 11) is 0. The first-order valence-corrected chi connectivity index (χ1v) is 38.5. The largest absolute Gasteiger partial charge is 0.265 e. The van der Waals surface area contributed by atoms with Gasteiger partial charge in [-0.05, 0) is 184 Å². The molecule has 13 heterocycles. The van der Waals surface area contributed by atoms with Gasteiger partial charge < -0.3 is 0 Å².